The second-order valence-corrected chi connectivity index (χ2v) is 2.44. The summed E-state index contributed by atoms with van der Waals surface area (Å²) in [5, 5.41) is 8.55. The molecular formula is C7H14O3. The van der Waals surface area contributed by atoms with Gasteiger partial charge in [-0.3, -0.25) is 0 Å². The third-order valence-electron chi connectivity index (χ3n) is 1.60. The zero-order valence-corrected chi connectivity index (χ0v) is 6.25. The first-order valence-electron chi connectivity index (χ1n) is 3.74. The van der Waals surface area contributed by atoms with Crippen LogP contribution in [0.3, 0.4) is 0 Å². The minimum absolute atomic E-state index is 0.0310. The van der Waals surface area contributed by atoms with Crippen LogP contribution in [0.1, 0.15) is 19.8 Å². The Kier molecular flexibility index (Phi) is 3.12. The highest BCUT2D eigenvalue weighted by atomic mass is 16.7. The van der Waals surface area contributed by atoms with E-state index in [2.05, 4.69) is 0 Å². The molecule has 1 N–H and O–H groups in total. The van der Waals surface area contributed by atoms with Gasteiger partial charge in [-0.05, 0) is 12.8 Å². The van der Waals surface area contributed by atoms with Gasteiger partial charge in [0.05, 0.1) is 12.7 Å². The van der Waals surface area contributed by atoms with Crippen molar-refractivity contribution >= 4 is 0 Å². The summed E-state index contributed by atoms with van der Waals surface area (Å²) in [7, 11) is 0. The maximum absolute atomic E-state index is 8.55. The second kappa shape index (κ2) is 3.91. The third-order valence-corrected chi connectivity index (χ3v) is 1.60. The molecule has 0 saturated carbocycles. The smallest absolute Gasteiger partial charge is 0.157 e. The van der Waals surface area contributed by atoms with E-state index >= 15 is 0 Å². The molecule has 0 spiro atoms. The predicted molar refractivity (Wildman–Crippen MR) is 36.6 cm³/mol. The molecule has 0 bridgehead atoms. The number of aliphatic hydroxyl groups excluding tert-OH is 1. The lowest BCUT2D eigenvalue weighted by atomic mass is 10.3. The highest BCUT2D eigenvalue weighted by Gasteiger charge is 2.23. The predicted octanol–water partition coefficient (Wildman–Crippen LogP) is 0.520. The number of hydrogen-bond donors (Lipinski definition) is 1. The molecule has 2 atom stereocenters. The minimum Gasteiger partial charge on any atom is -0.396 e. The molecular weight excluding hydrogens is 132 g/mol. The van der Waals surface area contributed by atoms with Gasteiger partial charge in [0.1, 0.15) is 0 Å². The Labute approximate surface area is 60.9 Å². The van der Waals surface area contributed by atoms with Crippen molar-refractivity contribution < 1.29 is 14.6 Å². The molecule has 2 unspecified atom stereocenters. The van der Waals surface area contributed by atoms with Gasteiger partial charge in [-0.15, -0.1) is 0 Å². The van der Waals surface area contributed by atoms with Crippen molar-refractivity contribution in [2.24, 2.45) is 0 Å². The quantitative estimate of drug-likeness (QED) is 0.631. The van der Waals surface area contributed by atoms with Crippen LogP contribution < -0.4 is 0 Å². The molecule has 0 aromatic heterocycles. The van der Waals surface area contributed by atoms with Crippen molar-refractivity contribution in [1.29, 1.82) is 0 Å². The molecule has 1 fully saturated rings. The van der Waals surface area contributed by atoms with Crippen LogP contribution in [-0.4, -0.2) is 30.7 Å². The number of ether oxygens (including phenoxy) is 2. The fourth-order valence-corrected chi connectivity index (χ4v) is 1.02. The summed E-state index contributed by atoms with van der Waals surface area (Å²) in [6.07, 6.45) is 1.67. The van der Waals surface area contributed by atoms with E-state index in [0.29, 0.717) is 13.0 Å². The Morgan fingerprint density at radius 2 is 2.40 bits per heavy atom. The van der Waals surface area contributed by atoms with Gasteiger partial charge in [0.2, 0.25) is 0 Å². The molecule has 0 aliphatic carbocycles. The van der Waals surface area contributed by atoms with Gasteiger partial charge in [0, 0.05) is 6.61 Å². The van der Waals surface area contributed by atoms with E-state index in [4.69, 9.17) is 14.6 Å². The summed E-state index contributed by atoms with van der Waals surface area (Å²) >= 11 is 0. The van der Waals surface area contributed by atoms with Crippen LogP contribution in [-0.2, 0) is 9.47 Å². The van der Waals surface area contributed by atoms with Crippen LogP contribution >= 0.6 is 0 Å². The molecule has 0 amide bonds. The third kappa shape index (κ3) is 1.94. The average molecular weight is 146 g/mol. The second-order valence-electron chi connectivity index (χ2n) is 2.44. The molecule has 10 heavy (non-hydrogen) atoms. The van der Waals surface area contributed by atoms with Crippen LogP contribution in [0.25, 0.3) is 0 Å². The largest absolute Gasteiger partial charge is 0.396 e. The molecule has 60 valence electrons. The molecule has 1 rings (SSSR count). The molecule has 0 radical (unpaired) electrons. The lowest BCUT2D eigenvalue weighted by molar-refractivity contribution is -0.0611. The van der Waals surface area contributed by atoms with Crippen LogP contribution in [0.15, 0.2) is 0 Å². The standard InChI is InChI=1S/C7H14O3/c1-2-7-9-5-6(10-7)3-4-8/h6-8H,2-5H2,1H3. The molecule has 0 aromatic rings. The first-order chi connectivity index (χ1) is 4.86. The normalized spacial score (nSPS) is 33.0. The maximum atomic E-state index is 8.55. The molecule has 1 saturated heterocycles. The molecule has 1 aliphatic rings. The topological polar surface area (TPSA) is 38.7 Å². The van der Waals surface area contributed by atoms with Crippen molar-refractivity contribution in [1.82, 2.24) is 0 Å². The minimum atomic E-state index is -0.0310. The summed E-state index contributed by atoms with van der Waals surface area (Å²) in [5.74, 6) is 0. The number of aliphatic hydroxyl groups is 1. The Morgan fingerprint density at radius 1 is 1.60 bits per heavy atom. The van der Waals surface area contributed by atoms with E-state index in [1.165, 1.54) is 0 Å². The van der Waals surface area contributed by atoms with Gasteiger partial charge in [-0.1, -0.05) is 6.92 Å². The van der Waals surface area contributed by atoms with Gasteiger partial charge in [-0.2, -0.15) is 0 Å². The van der Waals surface area contributed by atoms with Gasteiger partial charge < -0.3 is 14.6 Å². The van der Waals surface area contributed by atoms with Crippen molar-refractivity contribution in [3.63, 3.8) is 0 Å². The van der Waals surface area contributed by atoms with E-state index in [-0.39, 0.29) is 19.0 Å². The van der Waals surface area contributed by atoms with Gasteiger partial charge in [0.15, 0.2) is 6.29 Å². The maximum Gasteiger partial charge on any atom is 0.157 e. The van der Waals surface area contributed by atoms with E-state index in [1.807, 2.05) is 6.92 Å². The van der Waals surface area contributed by atoms with Crippen LogP contribution in [0.5, 0.6) is 0 Å². The Morgan fingerprint density at radius 3 is 2.90 bits per heavy atom. The van der Waals surface area contributed by atoms with Gasteiger partial charge in [-0.25, -0.2) is 0 Å². The van der Waals surface area contributed by atoms with Crippen molar-refractivity contribution in [3.8, 4) is 0 Å². The molecule has 0 aromatic carbocycles. The Balaban J connectivity index is 2.15. The van der Waals surface area contributed by atoms with E-state index < -0.39 is 0 Å². The summed E-state index contributed by atoms with van der Waals surface area (Å²) in [6.45, 7) is 2.84. The van der Waals surface area contributed by atoms with E-state index in [0.717, 1.165) is 6.42 Å². The molecule has 3 heteroatoms. The fourth-order valence-electron chi connectivity index (χ4n) is 1.02. The summed E-state index contributed by atoms with van der Waals surface area (Å²) in [5.41, 5.74) is 0. The molecule has 1 aliphatic heterocycles. The highest BCUT2D eigenvalue weighted by molar-refractivity contribution is 4.63. The lowest BCUT2D eigenvalue weighted by Gasteiger charge is -2.06. The van der Waals surface area contributed by atoms with Gasteiger partial charge in [0.25, 0.3) is 0 Å². The SMILES string of the molecule is CCC1OCC(CCO)O1. The summed E-state index contributed by atoms with van der Waals surface area (Å²) in [6, 6.07) is 0. The van der Waals surface area contributed by atoms with Crippen LogP contribution in [0.4, 0.5) is 0 Å². The highest BCUT2D eigenvalue weighted by Crippen LogP contribution is 2.15. The van der Waals surface area contributed by atoms with E-state index in [1.54, 1.807) is 0 Å². The Hall–Kier alpha value is -0.120. The zero-order valence-electron chi connectivity index (χ0n) is 6.25. The monoisotopic (exact) mass is 146 g/mol. The lowest BCUT2D eigenvalue weighted by Crippen LogP contribution is -2.13. The van der Waals surface area contributed by atoms with Crippen LogP contribution in [0, 0.1) is 0 Å². The van der Waals surface area contributed by atoms with Crippen molar-refractivity contribution in [3.05, 3.63) is 0 Å². The fraction of sp³-hybridized carbons (Fsp3) is 1.00. The van der Waals surface area contributed by atoms with Crippen LogP contribution in [0.2, 0.25) is 0 Å². The zero-order chi connectivity index (χ0) is 7.40. The molecule has 3 nitrogen and oxygen atoms in total. The number of rotatable bonds is 3. The van der Waals surface area contributed by atoms with Gasteiger partial charge >= 0.3 is 0 Å². The van der Waals surface area contributed by atoms with E-state index in [9.17, 15) is 0 Å². The molecule has 1 heterocycles. The first-order valence-corrected chi connectivity index (χ1v) is 3.74. The first kappa shape index (κ1) is 7.98. The summed E-state index contributed by atoms with van der Waals surface area (Å²) < 4.78 is 10.6. The average Bonchev–Trinajstić information content (AvgIpc) is 2.37. The number of hydrogen-bond acceptors (Lipinski definition) is 3. The summed E-state index contributed by atoms with van der Waals surface area (Å²) in [4.78, 5) is 0. The van der Waals surface area contributed by atoms with Crippen molar-refractivity contribution in [2.75, 3.05) is 13.2 Å². The van der Waals surface area contributed by atoms with Crippen molar-refractivity contribution in [2.45, 2.75) is 32.2 Å². The Bertz CT molecular complexity index is 94.9.